The Hall–Kier alpha value is -2.06. The number of aromatic nitrogens is 3. The first-order chi connectivity index (χ1) is 13.0. The fourth-order valence-electron chi connectivity index (χ4n) is 3.36. The summed E-state index contributed by atoms with van der Waals surface area (Å²) in [5, 5.41) is 8.47. The number of thiazole rings is 1. The maximum Gasteiger partial charge on any atom is 0.272 e. The largest absolute Gasteiger partial charge is 0.348 e. The summed E-state index contributed by atoms with van der Waals surface area (Å²) in [6.07, 6.45) is 3.93. The van der Waals surface area contributed by atoms with Crippen LogP contribution in [0.2, 0.25) is 0 Å². The van der Waals surface area contributed by atoms with E-state index in [9.17, 15) is 4.79 Å². The van der Waals surface area contributed by atoms with Gasteiger partial charge in [-0.1, -0.05) is 17.4 Å². The van der Waals surface area contributed by atoms with Crippen molar-refractivity contribution in [1.82, 2.24) is 20.1 Å². The van der Waals surface area contributed by atoms with E-state index in [1.165, 1.54) is 9.60 Å². The third-order valence-corrected chi connectivity index (χ3v) is 6.89. The highest BCUT2D eigenvalue weighted by molar-refractivity contribution is 7.98. The molecule has 1 amide bonds. The summed E-state index contributed by atoms with van der Waals surface area (Å²) in [6.45, 7) is 3.75. The van der Waals surface area contributed by atoms with Gasteiger partial charge >= 0.3 is 0 Å². The smallest absolute Gasteiger partial charge is 0.272 e. The van der Waals surface area contributed by atoms with Crippen LogP contribution in [0.5, 0.6) is 0 Å². The van der Waals surface area contributed by atoms with E-state index in [4.69, 9.17) is 4.98 Å². The molecule has 0 spiro atoms. The first kappa shape index (κ1) is 18.3. The summed E-state index contributed by atoms with van der Waals surface area (Å²) in [7, 11) is 1.85. The van der Waals surface area contributed by atoms with Crippen LogP contribution in [0.25, 0.3) is 10.2 Å². The zero-order chi connectivity index (χ0) is 19.0. The number of nitrogens with one attached hydrogen (secondary N) is 1. The molecule has 1 aliphatic heterocycles. The van der Waals surface area contributed by atoms with E-state index in [2.05, 4.69) is 39.8 Å². The third-order valence-electron chi connectivity index (χ3n) is 5.04. The number of piperidine rings is 1. The lowest BCUT2D eigenvalue weighted by Crippen LogP contribution is -2.44. The highest BCUT2D eigenvalue weighted by Crippen LogP contribution is 2.34. The predicted octanol–water partition coefficient (Wildman–Crippen LogP) is 3.46. The number of para-hydroxylation sites is 1. The Morgan fingerprint density at radius 3 is 2.78 bits per heavy atom. The van der Waals surface area contributed by atoms with E-state index >= 15 is 0 Å². The Balaban J connectivity index is 1.39. The van der Waals surface area contributed by atoms with Crippen LogP contribution in [0.4, 0.5) is 5.13 Å². The lowest BCUT2D eigenvalue weighted by molar-refractivity contribution is 0.0925. The number of hydrogen-bond donors (Lipinski definition) is 1. The lowest BCUT2D eigenvalue weighted by Gasteiger charge is -2.32. The second-order valence-corrected chi connectivity index (χ2v) is 8.69. The van der Waals surface area contributed by atoms with Crippen molar-refractivity contribution in [3.63, 3.8) is 0 Å². The van der Waals surface area contributed by atoms with E-state index < -0.39 is 0 Å². The predicted molar refractivity (Wildman–Crippen MR) is 112 cm³/mol. The molecule has 6 nitrogen and oxygen atoms in total. The third kappa shape index (κ3) is 3.68. The average molecular weight is 402 g/mol. The zero-order valence-electron chi connectivity index (χ0n) is 15.7. The van der Waals surface area contributed by atoms with Crippen molar-refractivity contribution < 1.29 is 4.79 Å². The minimum Gasteiger partial charge on any atom is -0.348 e. The fraction of sp³-hybridized carbons (Fsp3) is 0.421. The number of hydrogen-bond acceptors (Lipinski definition) is 6. The Morgan fingerprint density at radius 2 is 2.11 bits per heavy atom. The molecule has 0 saturated carbocycles. The van der Waals surface area contributed by atoms with Gasteiger partial charge in [0, 0.05) is 36.8 Å². The average Bonchev–Trinajstić information content (AvgIpc) is 3.25. The van der Waals surface area contributed by atoms with Gasteiger partial charge in [0.15, 0.2) is 5.13 Å². The van der Waals surface area contributed by atoms with Gasteiger partial charge < -0.3 is 10.2 Å². The number of rotatable bonds is 4. The SMILES string of the molecule is CSc1cccc2sc(N3CCC(NC(=O)c4cc(C)n(C)n4)CC3)nc12. The van der Waals surface area contributed by atoms with Gasteiger partial charge in [0.1, 0.15) is 5.69 Å². The van der Waals surface area contributed by atoms with Gasteiger partial charge in [0.2, 0.25) is 0 Å². The van der Waals surface area contributed by atoms with Crippen LogP contribution in [0.15, 0.2) is 29.2 Å². The van der Waals surface area contributed by atoms with Gasteiger partial charge in [-0.2, -0.15) is 5.10 Å². The van der Waals surface area contributed by atoms with Crippen LogP contribution in [-0.2, 0) is 7.05 Å². The highest BCUT2D eigenvalue weighted by atomic mass is 32.2. The number of aryl methyl sites for hydroxylation is 2. The van der Waals surface area contributed by atoms with Gasteiger partial charge in [-0.3, -0.25) is 9.48 Å². The molecule has 142 valence electrons. The van der Waals surface area contributed by atoms with Gasteiger partial charge in [-0.25, -0.2) is 4.98 Å². The summed E-state index contributed by atoms with van der Waals surface area (Å²) in [5.74, 6) is -0.0817. The Labute approximate surface area is 167 Å². The van der Waals surface area contributed by atoms with Crippen molar-refractivity contribution in [2.75, 3.05) is 24.2 Å². The quantitative estimate of drug-likeness (QED) is 0.679. The number of anilines is 1. The van der Waals surface area contributed by atoms with Crippen molar-refractivity contribution in [1.29, 1.82) is 0 Å². The molecule has 1 saturated heterocycles. The van der Waals surface area contributed by atoms with Gasteiger partial charge in [0.25, 0.3) is 5.91 Å². The summed E-state index contributed by atoms with van der Waals surface area (Å²) in [5.41, 5.74) is 2.58. The number of carbonyl (C=O) groups is 1. The summed E-state index contributed by atoms with van der Waals surface area (Å²) >= 11 is 3.49. The van der Waals surface area contributed by atoms with E-state index in [0.717, 1.165) is 42.3 Å². The molecule has 2 aromatic heterocycles. The zero-order valence-corrected chi connectivity index (χ0v) is 17.4. The summed E-state index contributed by atoms with van der Waals surface area (Å²) in [4.78, 5) is 20.8. The molecule has 27 heavy (non-hydrogen) atoms. The molecule has 3 aromatic rings. The molecule has 8 heteroatoms. The lowest BCUT2D eigenvalue weighted by atomic mass is 10.1. The van der Waals surface area contributed by atoms with Crippen LogP contribution in [0.3, 0.4) is 0 Å². The normalized spacial score (nSPS) is 15.4. The summed E-state index contributed by atoms with van der Waals surface area (Å²) in [6, 6.07) is 8.37. The first-order valence-corrected chi connectivity index (χ1v) is 11.1. The molecule has 0 bridgehead atoms. The van der Waals surface area contributed by atoms with E-state index in [0.29, 0.717) is 5.69 Å². The van der Waals surface area contributed by atoms with Crippen LogP contribution in [0.1, 0.15) is 29.0 Å². The molecule has 4 rings (SSSR count). The van der Waals surface area contributed by atoms with Gasteiger partial charge in [-0.05, 0) is 44.2 Å². The second-order valence-electron chi connectivity index (χ2n) is 6.83. The maximum atomic E-state index is 12.4. The van der Waals surface area contributed by atoms with E-state index in [1.807, 2.05) is 20.0 Å². The molecule has 1 fully saturated rings. The van der Waals surface area contributed by atoms with Crippen LogP contribution in [0, 0.1) is 6.92 Å². The summed E-state index contributed by atoms with van der Waals surface area (Å²) < 4.78 is 2.96. The van der Waals surface area contributed by atoms with Gasteiger partial charge in [0.05, 0.1) is 10.2 Å². The molecule has 0 unspecified atom stereocenters. The standard InChI is InChI=1S/C19H23N5OS2/c1-12-11-14(22-23(12)2)18(25)20-13-7-9-24(10-8-13)19-21-17-15(26-3)5-4-6-16(17)27-19/h4-6,11,13H,7-10H2,1-3H3,(H,20,25). The molecule has 1 N–H and O–H groups in total. The number of thioether (sulfide) groups is 1. The minimum absolute atomic E-state index is 0.0817. The van der Waals surface area contributed by atoms with Crippen molar-refractivity contribution in [3.8, 4) is 0 Å². The molecular formula is C19H23N5OS2. The van der Waals surface area contributed by atoms with Crippen molar-refractivity contribution in [2.24, 2.45) is 7.05 Å². The van der Waals surface area contributed by atoms with Crippen molar-refractivity contribution in [3.05, 3.63) is 35.7 Å². The molecular weight excluding hydrogens is 378 g/mol. The van der Waals surface area contributed by atoms with Gasteiger partial charge in [-0.15, -0.1) is 11.8 Å². The number of nitrogens with zero attached hydrogens (tertiary/aromatic N) is 4. The molecule has 0 radical (unpaired) electrons. The highest BCUT2D eigenvalue weighted by Gasteiger charge is 2.24. The van der Waals surface area contributed by atoms with E-state index in [1.54, 1.807) is 27.8 Å². The van der Waals surface area contributed by atoms with Crippen LogP contribution >= 0.6 is 23.1 Å². The Morgan fingerprint density at radius 1 is 1.33 bits per heavy atom. The Kier molecular flexibility index (Phi) is 5.10. The molecule has 1 aromatic carbocycles. The monoisotopic (exact) mass is 401 g/mol. The first-order valence-electron chi connectivity index (χ1n) is 9.05. The number of benzene rings is 1. The molecule has 0 aliphatic carbocycles. The van der Waals surface area contributed by atoms with Crippen molar-refractivity contribution in [2.45, 2.75) is 30.7 Å². The minimum atomic E-state index is -0.0817. The van der Waals surface area contributed by atoms with Crippen molar-refractivity contribution >= 4 is 44.4 Å². The van der Waals surface area contributed by atoms with Crippen LogP contribution in [-0.4, -0.2) is 46.1 Å². The topological polar surface area (TPSA) is 63.1 Å². The fourth-order valence-corrected chi connectivity index (χ4v) is 5.03. The van der Waals surface area contributed by atoms with E-state index in [-0.39, 0.29) is 11.9 Å². The Bertz CT molecular complexity index is 952. The second kappa shape index (κ2) is 7.52. The molecule has 3 heterocycles. The molecule has 1 aliphatic rings. The maximum absolute atomic E-state index is 12.4. The number of amides is 1. The van der Waals surface area contributed by atoms with Crippen LogP contribution < -0.4 is 10.2 Å². The number of fused-ring (bicyclic) bond motifs is 1. The molecule has 0 atom stereocenters. The number of carbonyl (C=O) groups excluding carboxylic acids is 1.